The molecule has 0 aliphatic heterocycles. The van der Waals surface area contributed by atoms with Crippen molar-refractivity contribution >= 4 is 11.9 Å². The number of rotatable bonds is 14. The maximum atomic E-state index is 12.0. The van der Waals surface area contributed by atoms with Crippen LogP contribution in [0, 0.1) is 0 Å². The molecule has 0 amide bonds. The van der Waals surface area contributed by atoms with Crippen molar-refractivity contribution in [2.75, 3.05) is 13.2 Å². The second kappa shape index (κ2) is 14.5. The minimum atomic E-state index is -0.587. The molecule has 2 unspecified atom stereocenters. The van der Waals surface area contributed by atoms with Crippen molar-refractivity contribution < 1.29 is 28.5 Å². The molecule has 6 heteroatoms. The molecule has 5 rings (SSSR count). The molecule has 0 fully saturated rings. The molecule has 4 aromatic carbocycles. The molecule has 0 aromatic heterocycles. The van der Waals surface area contributed by atoms with Crippen LogP contribution in [0.4, 0.5) is 0 Å². The number of esters is 2. The largest absolute Gasteiger partial charge is 0.490 e. The lowest BCUT2D eigenvalue weighted by Crippen LogP contribution is -2.28. The summed E-state index contributed by atoms with van der Waals surface area (Å²) in [5, 5.41) is 0. The predicted molar refractivity (Wildman–Crippen MR) is 185 cm³/mol. The van der Waals surface area contributed by atoms with Gasteiger partial charge in [0.1, 0.15) is 36.9 Å². The maximum absolute atomic E-state index is 12.0. The van der Waals surface area contributed by atoms with E-state index in [1.807, 2.05) is 38.1 Å². The van der Waals surface area contributed by atoms with Gasteiger partial charge in [-0.2, -0.15) is 0 Å². The number of benzene rings is 4. The van der Waals surface area contributed by atoms with Gasteiger partial charge in [-0.25, -0.2) is 9.59 Å². The summed E-state index contributed by atoms with van der Waals surface area (Å²) in [6, 6.07) is 33.4. The normalized spacial score (nSPS) is 13.8. The molecule has 4 aromatic rings. The maximum Gasteiger partial charge on any atom is 0.333 e. The molecular weight excluding hydrogens is 588 g/mol. The topological polar surface area (TPSA) is 71.1 Å². The highest BCUT2D eigenvalue weighted by Gasteiger charge is 2.45. The average molecular weight is 631 g/mol. The molecule has 0 saturated heterocycles. The van der Waals surface area contributed by atoms with Crippen LogP contribution in [0.3, 0.4) is 0 Å². The van der Waals surface area contributed by atoms with Crippen LogP contribution in [0.25, 0.3) is 11.1 Å². The summed E-state index contributed by atoms with van der Waals surface area (Å²) in [6.07, 6.45) is 0.522. The van der Waals surface area contributed by atoms with Crippen LogP contribution in [0.1, 0.15) is 62.8 Å². The van der Waals surface area contributed by atoms with Gasteiger partial charge in [0.25, 0.3) is 0 Å². The summed E-state index contributed by atoms with van der Waals surface area (Å²) in [4.78, 5) is 24.1. The molecule has 1 aliphatic rings. The molecule has 1 aliphatic carbocycles. The zero-order valence-electron chi connectivity index (χ0n) is 27.6. The Bertz CT molecular complexity index is 1620. The van der Waals surface area contributed by atoms with Crippen molar-refractivity contribution in [3.8, 4) is 22.6 Å². The zero-order valence-corrected chi connectivity index (χ0v) is 27.6. The molecule has 242 valence electrons. The van der Waals surface area contributed by atoms with E-state index in [0.29, 0.717) is 35.5 Å². The molecule has 0 N–H and O–H groups in total. The third-order valence-corrected chi connectivity index (χ3v) is 8.55. The molecule has 47 heavy (non-hydrogen) atoms. The Morgan fingerprint density at radius 1 is 0.596 bits per heavy atom. The second-order valence-corrected chi connectivity index (χ2v) is 11.9. The van der Waals surface area contributed by atoms with Gasteiger partial charge in [-0.15, -0.1) is 0 Å². The average Bonchev–Trinajstić information content (AvgIpc) is 3.39. The number of hydrogen-bond donors (Lipinski definition) is 0. The third-order valence-electron chi connectivity index (χ3n) is 8.55. The van der Waals surface area contributed by atoms with Gasteiger partial charge >= 0.3 is 11.9 Å². The van der Waals surface area contributed by atoms with Gasteiger partial charge in [0.15, 0.2) is 0 Å². The van der Waals surface area contributed by atoms with Gasteiger partial charge in [-0.1, -0.05) is 99.8 Å². The molecule has 0 saturated carbocycles. The quantitative estimate of drug-likeness (QED) is 0.0904. The van der Waals surface area contributed by atoms with Crippen LogP contribution in [0.2, 0.25) is 0 Å². The number of hydrogen-bond acceptors (Lipinski definition) is 6. The van der Waals surface area contributed by atoms with E-state index in [0.717, 1.165) is 11.1 Å². The molecule has 0 bridgehead atoms. The fraction of sp³-hybridized carbons (Fsp3) is 0.268. The molecule has 6 nitrogen and oxygen atoms in total. The van der Waals surface area contributed by atoms with Crippen molar-refractivity contribution in [1.29, 1.82) is 0 Å². The number of carbonyl (C=O) groups is 2. The van der Waals surface area contributed by atoms with E-state index in [1.165, 1.54) is 22.3 Å². The number of carbonyl (C=O) groups excluding carboxylic acids is 2. The second-order valence-electron chi connectivity index (χ2n) is 11.9. The number of fused-ring (bicyclic) bond motifs is 3. The summed E-state index contributed by atoms with van der Waals surface area (Å²) in [5.41, 5.74) is 7.10. The molecule has 0 heterocycles. The van der Waals surface area contributed by atoms with Crippen molar-refractivity contribution in [2.24, 2.45) is 0 Å². The van der Waals surface area contributed by atoms with Crippen molar-refractivity contribution in [3.63, 3.8) is 0 Å². The fourth-order valence-electron chi connectivity index (χ4n) is 5.98. The van der Waals surface area contributed by atoms with Crippen LogP contribution in [-0.4, -0.2) is 37.4 Å². The first-order chi connectivity index (χ1) is 22.7. The summed E-state index contributed by atoms with van der Waals surface area (Å²) in [6.45, 7) is 15.0. The Labute approximate surface area is 277 Å². The molecule has 2 atom stereocenters. The minimum absolute atomic E-state index is 0.248. The Hall–Kier alpha value is -5.10. The van der Waals surface area contributed by atoms with E-state index in [4.69, 9.17) is 18.9 Å². The van der Waals surface area contributed by atoms with E-state index in [1.54, 1.807) is 13.8 Å². The smallest absolute Gasteiger partial charge is 0.333 e. The van der Waals surface area contributed by atoms with Gasteiger partial charge in [0.2, 0.25) is 0 Å². The van der Waals surface area contributed by atoms with Crippen molar-refractivity contribution in [3.05, 3.63) is 144 Å². The predicted octanol–water partition coefficient (Wildman–Crippen LogP) is 8.60. The standard InChI is InChI=1S/C41H42O6/c1-7-31(46-39(42)27(3)4)25-44-33-21-17-29(18-22-33)41(37-15-11-9-13-35(37)36-14-10-12-16-38(36)41)30-19-23-34(24-20-30)45-26-32(8-2)47-40(43)28(5)6/h9-24,31-32H,3,5,7-8,25-26H2,1-2,4,6H3. The van der Waals surface area contributed by atoms with E-state index >= 15 is 0 Å². The summed E-state index contributed by atoms with van der Waals surface area (Å²) < 4.78 is 23.2. The monoisotopic (exact) mass is 630 g/mol. The Kier molecular flexibility index (Phi) is 10.3. The minimum Gasteiger partial charge on any atom is -0.490 e. The first-order valence-corrected chi connectivity index (χ1v) is 16.1. The highest BCUT2D eigenvalue weighted by Crippen LogP contribution is 2.56. The van der Waals surface area contributed by atoms with Crippen LogP contribution in [0.5, 0.6) is 11.5 Å². The summed E-state index contributed by atoms with van der Waals surface area (Å²) in [5.74, 6) is 0.554. The third kappa shape index (κ3) is 6.87. The van der Waals surface area contributed by atoms with E-state index in [-0.39, 0.29) is 25.4 Å². The SMILES string of the molecule is C=C(C)C(=O)OC(CC)COc1ccc(C2(c3ccc(OCC(CC)OC(=O)C(=C)C)cc3)c3ccccc3-c3ccccc32)cc1. The van der Waals surface area contributed by atoms with Crippen LogP contribution in [0.15, 0.2) is 121 Å². The van der Waals surface area contributed by atoms with Gasteiger partial charge in [-0.05, 0) is 84.3 Å². The highest BCUT2D eigenvalue weighted by molar-refractivity contribution is 5.88. The van der Waals surface area contributed by atoms with Crippen molar-refractivity contribution in [2.45, 2.75) is 58.2 Å². The fourth-order valence-corrected chi connectivity index (χ4v) is 5.98. The Morgan fingerprint density at radius 2 is 0.957 bits per heavy atom. The Morgan fingerprint density at radius 3 is 1.30 bits per heavy atom. The van der Waals surface area contributed by atoms with Gasteiger partial charge in [0, 0.05) is 11.1 Å². The highest BCUT2D eigenvalue weighted by atomic mass is 16.6. The van der Waals surface area contributed by atoms with Crippen LogP contribution in [-0.2, 0) is 24.5 Å². The van der Waals surface area contributed by atoms with Crippen molar-refractivity contribution in [1.82, 2.24) is 0 Å². The van der Waals surface area contributed by atoms with E-state index in [9.17, 15) is 9.59 Å². The Balaban J connectivity index is 1.47. The summed E-state index contributed by atoms with van der Waals surface area (Å²) >= 11 is 0. The zero-order chi connectivity index (χ0) is 33.6. The number of ether oxygens (including phenoxy) is 4. The lowest BCUT2D eigenvalue weighted by Gasteiger charge is -2.34. The van der Waals surface area contributed by atoms with Gasteiger partial charge in [0.05, 0.1) is 5.41 Å². The molecule has 0 spiro atoms. The first kappa shape index (κ1) is 33.3. The summed E-state index contributed by atoms with van der Waals surface area (Å²) in [7, 11) is 0. The lowest BCUT2D eigenvalue weighted by molar-refractivity contribution is -0.146. The molecule has 0 radical (unpaired) electrons. The van der Waals surface area contributed by atoms with E-state index in [2.05, 4.69) is 86.0 Å². The van der Waals surface area contributed by atoms with Gasteiger partial charge < -0.3 is 18.9 Å². The van der Waals surface area contributed by atoms with Gasteiger partial charge in [-0.3, -0.25) is 0 Å². The molecular formula is C41H42O6. The van der Waals surface area contributed by atoms with Crippen LogP contribution >= 0.6 is 0 Å². The van der Waals surface area contributed by atoms with E-state index < -0.39 is 17.4 Å². The first-order valence-electron chi connectivity index (χ1n) is 16.1. The lowest BCUT2D eigenvalue weighted by atomic mass is 9.68. The van der Waals surface area contributed by atoms with Crippen LogP contribution < -0.4 is 9.47 Å².